The van der Waals surface area contributed by atoms with E-state index in [1.54, 1.807) is 17.5 Å². The van der Waals surface area contributed by atoms with Crippen LogP contribution < -0.4 is 5.32 Å². The van der Waals surface area contributed by atoms with Crippen LogP contribution in [0.4, 0.5) is 0 Å². The summed E-state index contributed by atoms with van der Waals surface area (Å²) in [5.41, 5.74) is 0. The first-order valence-electron chi connectivity index (χ1n) is 6.10. The van der Waals surface area contributed by atoms with Crippen LogP contribution in [0.5, 0.6) is 0 Å². The topological polar surface area (TPSA) is 24.9 Å². The molecule has 0 saturated heterocycles. The smallest absolute Gasteiger partial charge is 0.113 e. The van der Waals surface area contributed by atoms with Crippen molar-refractivity contribution in [2.24, 2.45) is 0 Å². The molecule has 0 aromatic carbocycles. The van der Waals surface area contributed by atoms with Gasteiger partial charge in [0.05, 0.1) is 6.20 Å². The summed E-state index contributed by atoms with van der Waals surface area (Å²) >= 11 is 9.46. The number of thioether (sulfide) groups is 1. The molecule has 0 spiro atoms. The van der Waals surface area contributed by atoms with Crippen molar-refractivity contribution in [3.8, 4) is 0 Å². The van der Waals surface area contributed by atoms with Crippen LogP contribution in [0.15, 0.2) is 6.20 Å². The Bertz CT molecular complexity index is 348. The predicted octanol–water partition coefficient (Wildman–Crippen LogP) is 3.95. The summed E-state index contributed by atoms with van der Waals surface area (Å²) in [5, 5.41) is 4.63. The molecule has 5 heteroatoms. The monoisotopic (exact) mass is 290 g/mol. The van der Waals surface area contributed by atoms with E-state index in [-0.39, 0.29) is 0 Å². The molecule has 0 radical (unpaired) electrons. The standard InChI is InChI=1S/C12H19ClN2S2/c1-16-12(5-3-2-4-6-12)9-14-8-11-15-7-10(13)17-11/h7,14H,2-6,8-9H2,1H3. The van der Waals surface area contributed by atoms with Gasteiger partial charge in [0.1, 0.15) is 9.34 Å². The van der Waals surface area contributed by atoms with Crippen molar-refractivity contribution in [3.05, 3.63) is 15.5 Å². The van der Waals surface area contributed by atoms with E-state index in [9.17, 15) is 0 Å². The second-order valence-electron chi connectivity index (χ2n) is 4.61. The molecule has 1 aliphatic rings. The Morgan fingerprint density at radius 1 is 1.47 bits per heavy atom. The number of nitrogens with zero attached hydrogens (tertiary/aromatic N) is 1. The van der Waals surface area contributed by atoms with Gasteiger partial charge in [-0.3, -0.25) is 0 Å². The number of rotatable bonds is 5. The Hall–Kier alpha value is 0.230. The molecule has 0 bridgehead atoms. The van der Waals surface area contributed by atoms with Gasteiger partial charge in [0.25, 0.3) is 0 Å². The zero-order valence-corrected chi connectivity index (χ0v) is 12.6. The van der Waals surface area contributed by atoms with Crippen LogP contribution in [-0.2, 0) is 6.54 Å². The van der Waals surface area contributed by atoms with Gasteiger partial charge >= 0.3 is 0 Å². The van der Waals surface area contributed by atoms with E-state index in [1.807, 2.05) is 11.8 Å². The molecule has 0 atom stereocenters. The van der Waals surface area contributed by atoms with E-state index in [0.717, 1.165) is 22.4 Å². The maximum absolute atomic E-state index is 5.87. The van der Waals surface area contributed by atoms with Crippen molar-refractivity contribution in [1.82, 2.24) is 10.3 Å². The summed E-state index contributed by atoms with van der Waals surface area (Å²) < 4.78 is 1.23. The average molecular weight is 291 g/mol. The second kappa shape index (κ2) is 6.41. The zero-order valence-electron chi connectivity index (χ0n) is 10.2. The van der Waals surface area contributed by atoms with Crippen LogP contribution in [0, 0.1) is 0 Å². The van der Waals surface area contributed by atoms with Crippen molar-refractivity contribution in [2.45, 2.75) is 43.4 Å². The third-order valence-corrected chi connectivity index (χ3v) is 5.98. The summed E-state index contributed by atoms with van der Waals surface area (Å²) in [6, 6.07) is 0. The normalized spacial score (nSPS) is 19.4. The lowest BCUT2D eigenvalue weighted by atomic mass is 9.88. The quantitative estimate of drug-likeness (QED) is 0.889. The lowest BCUT2D eigenvalue weighted by molar-refractivity contribution is 0.379. The van der Waals surface area contributed by atoms with E-state index in [4.69, 9.17) is 11.6 Å². The minimum atomic E-state index is 0.458. The molecule has 1 aliphatic carbocycles. The maximum Gasteiger partial charge on any atom is 0.113 e. The largest absolute Gasteiger partial charge is 0.309 e. The van der Waals surface area contributed by atoms with Gasteiger partial charge in [-0.1, -0.05) is 30.9 Å². The first kappa shape index (κ1) is 13.7. The summed E-state index contributed by atoms with van der Waals surface area (Å²) in [7, 11) is 0. The van der Waals surface area contributed by atoms with Gasteiger partial charge in [0, 0.05) is 17.8 Å². The van der Waals surface area contributed by atoms with Crippen LogP contribution in [0.1, 0.15) is 37.1 Å². The van der Waals surface area contributed by atoms with Gasteiger partial charge in [0.15, 0.2) is 0 Å². The summed E-state index contributed by atoms with van der Waals surface area (Å²) in [5.74, 6) is 0. The Morgan fingerprint density at radius 3 is 2.82 bits per heavy atom. The Morgan fingerprint density at radius 2 is 2.24 bits per heavy atom. The Balaban J connectivity index is 1.79. The summed E-state index contributed by atoms with van der Waals surface area (Å²) in [6.45, 7) is 1.94. The van der Waals surface area contributed by atoms with Gasteiger partial charge in [0.2, 0.25) is 0 Å². The molecule has 2 rings (SSSR count). The minimum absolute atomic E-state index is 0.458. The first-order chi connectivity index (χ1) is 8.24. The van der Waals surface area contributed by atoms with Crippen LogP contribution in [0.25, 0.3) is 0 Å². The van der Waals surface area contributed by atoms with Crippen molar-refractivity contribution in [1.29, 1.82) is 0 Å². The van der Waals surface area contributed by atoms with Crippen LogP contribution in [0.3, 0.4) is 0 Å². The SMILES string of the molecule is CSC1(CNCc2ncc(Cl)s2)CCCCC1. The highest BCUT2D eigenvalue weighted by atomic mass is 35.5. The molecule has 1 N–H and O–H groups in total. The Labute approximate surface area is 117 Å². The number of thiazole rings is 1. The third kappa shape index (κ3) is 3.85. The molecule has 0 unspecified atom stereocenters. The van der Waals surface area contributed by atoms with E-state index in [0.29, 0.717) is 4.75 Å². The predicted molar refractivity (Wildman–Crippen MR) is 78.2 cm³/mol. The van der Waals surface area contributed by atoms with Gasteiger partial charge < -0.3 is 5.32 Å². The zero-order chi connectivity index (χ0) is 12.1. The number of nitrogens with one attached hydrogen (secondary N) is 1. The molecule has 1 aromatic heterocycles. The fourth-order valence-corrected chi connectivity index (χ4v) is 4.29. The lowest BCUT2D eigenvalue weighted by Gasteiger charge is -2.35. The number of hydrogen-bond donors (Lipinski definition) is 1. The van der Waals surface area contributed by atoms with Gasteiger partial charge in [-0.2, -0.15) is 11.8 Å². The highest BCUT2D eigenvalue weighted by Gasteiger charge is 2.30. The van der Waals surface area contributed by atoms with Gasteiger partial charge in [-0.05, 0) is 19.1 Å². The molecule has 0 aliphatic heterocycles. The lowest BCUT2D eigenvalue weighted by Crippen LogP contribution is -2.39. The van der Waals surface area contributed by atoms with Crippen molar-refractivity contribution < 1.29 is 0 Å². The molecule has 2 nitrogen and oxygen atoms in total. The second-order valence-corrected chi connectivity index (χ2v) is 7.63. The van der Waals surface area contributed by atoms with Gasteiger partial charge in [-0.15, -0.1) is 11.3 Å². The van der Waals surface area contributed by atoms with E-state index in [2.05, 4.69) is 16.6 Å². The van der Waals surface area contributed by atoms with E-state index in [1.165, 1.54) is 32.1 Å². The number of aromatic nitrogens is 1. The maximum atomic E-state index is 5.87. The number of halogens is 1. The molecule has 0 amide bonds. The molecular formula is C12H19ClN2S2. The molecule has 1 saturated carbocycles. The third-order valence-electron chi connectivity index (χ3n) is 3.45. The van der Waals surface area contributed by atoms with Gasteiger partial charge in [-0.25, -0.2) is 4.98 Å². The summed E-state index contributed by atoms with van der Waals surface area (Å²) in [4.78, 5) is 4.26. The fourth-order valence-electron chi connectivity index (χ4n) is 2.42. The van der Waals surface area contributed by atoms with E-state index >= 15 is 0 Å². The first-order valence-corrected chi connectivity index (χ1v) is 8.52. The van der Waals surface area contributed by atoms with Crippen molar-refractivity contribution in [3.63, 3.8) is 0 Å². The highest BCUT2D eigenvalue weighted by Crippen LogP contribution is 2.38. The van der Waals surface area contributed by atoms with E-state index < -0.39 is 0 Å². The average Bonchev–Trinajstić information content (AvgIpc) is 2.76. The number of hydrogen-bond acceptors (Lipinski definition) is 4. The molecule has 1 heterocycles. The molecule has 96 valence electrons. The fraction of sp³-hybridized carbons (Fsp3) is 0.750. The van der Waals surface area contributed by atoms with Crippen molar-refractivity contribution in [2.75, 3.05) is 12.8 Å². The highest BCUT2D eigenvalue weighted by molar-refractivity contribution is 8.00. The molecule has 17 heavy (non-hydrogen) atoms. The van der Waals surface area contributed by atoms with Crippen LogP contribution >= 0.6 is 34.7 Å². The van der Waals surface area contributed by atoms with Crippen molar-refractivity contribution >= 4 is 34.7 Å². The molecular weight excluding hydrogens is 272 g/mol. The van der Waals surface area contributed by atoms with Crippen LogP contribution in [0.2, 0.25) is 4.34 Å². The minimum Gasteiger partial charge on any atom is -0.309 e. The molecule has 1 fully saturated rings. The molecule has 1 aromatic rings. The van der Waals surface area contributed by atoms with Crippen LogP contribution in [-0.4, -0.2) is 22.5 Å². The summed E-state index contributed by atoms with van der Waals surface area (Å²) in [6.07, 6.45) is 10.8. The Kier molecular flexibility index (Phi) is 5.15.